The van der Waals surface area contributed by atoms with Crippen LogP contribution in [0.2, 0.25) is 0 Å². The van der Waals surface area contributed by atoms with E-state index in [1.54, 1.807) is 6.20 Å². The zero-order valence-electron chi connectivity index (χ0n) is 9.63. The third-order valence-electron chi connectivity index (χ3n) is 2.64. The summed E-state index contributed by atoms with van der Waals surface area (Å²) < 4.78 is 24.2. The Hall–Kier alpha value is -1.40. The molecule has 2 aromatic heterocycles. The first-order valence-corrected chi connectivity index (χ1v) is 7.38. The maximum Gasteiger partial charge on any atom is 0.149 e. The predicted octanol–water partition coefficient (Wildman–Crippen LogP) is 0.540. The minimum absolute atomic E-state index is 0.108. The molecule has 0 aliphatic rings. The summed E-state index contributed by atoms with van der Waals surface area (Å²) in [6.07, 6.45) is 4.80. The van der Waals surface area contributed by atoms with Crippen LogP contribution in [0.15, 0.2) is 24.5 Å². The van der Waals surface area contributed by atoms with Gasteiger partial charge in [0.1, 0.15) is 15.5 Å². The largest absolute Gasteiger partial charge is 0.331 e. The van der Waals surface area contributed by atoms with Crippen molar-refractivity contribution < 1.29 is 8.42 Å². The molecular formula is C11H15N3O2S. The van der Waals surface area contributed by atoms with Crippen LogP contribution in [0.1, 0.15) is 5.56 Å². The molecule has 17 heavy (non-hydrogen) atoms. The first kappa shape index (κ1) is 12.1. The number of fused-ring (bicyclic) bond motifs is 1. The quantitative estimate of drug-likeness (QED) is 0.862. The first-order valence-electron chi connectivity index (χ1n) is 5.32. The molecule has 2 heterocycles. The minimum Gasteiger partial charge on any atom is -0.331 e. The predicted molar refractivity (Wildman–Crippen MR) is 67.3 cm³/mol. The average molecular weight is 253 g/mol. The monoisotopic (exact) mass is 253 g/mol. The Labute approximate surface area is 100 Å². The highest BCUT2D eigenvalue weighted by Crippen LogP contribution is 2.18. The summed E-state index contributed by atoms with van der Waals surface area (Å²) in [7, 11) is -2.97. The maximum atomic E-state index is 11.2. The van der Waals surface area contributed by atoms with E-state index in [-0.39, 0.29) is 5.75 Å². The Morgan fingerprint density at radius 3 is 2.88 bits per heavy atom. The van der Waals surface area contributed by atoms with Gasteiger partial charge in [-0.05, 0) is 17.7 Å². The molecule has 0 aliphatic carbocycles. The van der Waals surface area contributed by atoms with Gasteiger partial charge in [0.05, 0.1) is 5.75 Å². The third kappa shape index (κ3) is 2.65. The van der Waals surface area contributed by atoms with Crippen LogP contribution in [-0.4, -0.2) is 30.0 Å². The Balaban J connectivity index is 2.41. The van der Waals surface area contributed by atoms with E-state index in [1.165, 1.54) is 6.26 Å². The molecule has 0 fully saturated rings. The highest BCUT2D eigenvalue weighted by atomic mass is 32.2. The van der Waals surface area contributed by atoms with E-state index in [1.807, 2.05) is 22.9 Å². The third-order valence-corrected chi connectivity index (χ3v) is 3.56. The molecule has 0 aromatic carbocycles. The molecule has 2 rings (SSSR count). The van der Waals surface area contributed by atoms with Gasteiger partial charge in [0.25, 0.3) is 0 Å². The molecule has 6 heteroatoms. The molecule has 2 aromatic rings. The Kier molecular flexibility index (Phi) is 3.17. The summed E-state index contributed by atoms with van der Waals surface area (Å²) >= 11 is 0. The lowest BCUT2D eigenvalue weighted by Crippen LogP contribution is -2.10. The molecule has 0 radical (unpaired) electrons. The van der Waals surface area contributed by atoms with Crippen LogP contribution in [-0.2, 0) is 22.9 Å². The van der Waals surface area contributed by atoms with Crippen LogP contribution in [0.5, 0.6) is 0 Å². The number of sulfone groups is 1. The van der Waals surface area contributed by atoms with Crippen LogP contribution >= 0.6 is 0 Å². The molecule has 0 amide bonds. The van der Waals surface area contributed by atoms with E-state index in [0.29, 0.717) is 13.1 Å². The van der Waals surface area contributed by atoms with E-state index in [2.05, 4.69) is 4.98 Å². The van der Waals surface area contributed by atoms with Crippen molar-refractivity contribution in [3.05, 3.63) is 30.1 Å². The van der Waals surface area contributed by atoms with Gasteiger partial charge in [0, 0.05) is 37.1 Å². The van der Waals surface area contributed by atoms with Gasteiger partial charge in [-0.25, -0.2) is 13.4 Å². The molecule has 2 N–H and O–H groups in total. The smallest absolute Gasteiger partial charge is 0.149 e. The van der Waals surface area contributed by atoms with Crippen molar-refractivity contribution in [2.24, 2.45) is 5.73 Å². The van der Waals surface area contributed by atoms with Gasteiger partial charge in [0.2, 0.25) is 0 Å². The minimum atomic E-state index is -2.97. The SMILES string of the molecule is CS(=O)(=O)CCn1cc(CN)c2cccnc21. The van der Waals surface area contributed by atoms with Crippen molar-refractivity contribution in [3.63, 3.8) is 0 Å². The summed E-state index contributed by atoms with van der Waals surface area (Å²) in [5.74, 6) is 0.108. The summed E-state index contributed by atoms with van der Waals surface area (Å²) in [5, 5.41) is 0.989. The molecule has 92 valence electrons. The van der Waals surface area contributed by atoms with Crippen LogP contribution in [0, 0.1) is 0 Å². The lowest BCUT2D eigenvalue weighted by molar-refractivity contribution is 0.595. The molecule has 0 bridgehead atoms. The zero-order chi connectivity index (χ0) is 12.5. The van der Waals surface area contributed by atoms with Crippen molar-refractivity contribution in [1.29, 1.82) is 0 Å². The van der Waals surface area contributed by atoms with E-state index in [4.69, 9.17) is 5.73 Å². The Bertz CT molecular complexity index is 631. The number of aromatic nitrogens is 2. The second kappa shape index (κ2) is 4.46. The highest BCUT2D eigenvalue weighted by molar-refractivity contribution is 7.90. The van der Waals surface area contributed by atoms with Crippen LogP contribution in [0.3, 0.4) is 0 Å². The topological polar surface area (TPSA) is 78.0 Å². The number of hydrogen-bond acceptors (Lipinski definition) is 4. The summed E-state index contributed by atoms with van der Waals surface area (Å²) in [5.41, 5.74) is 7.43. The number of pyridine rings is 1. The summed E-state index contributed by atoms with van der Waals surface area (Å²) in [6, 6.07) is 3.80. The second-order valence-corrected chi connectivity index (χ2v) is 6.32. The molecular weight excluding hydrogens is 238 g/mol. The lowest BCUT2D eigenvalue weighted by atomic mass is 10.2. The number of nitrogens with two attached hydrogens (primary N) is 1. The normalized spacial score (nSPS) is 12.1. The van der Waals surface area contributed by atoms with Crippen molar-refractivity contribution in [2.75, 3.05) is 12.0 Å². The van der Waals surface area contributed by atoms with E-state index < -0.39 is 9.84 Å². The molecule has 0 unspecified atom stereocenters. The van der Waals surface area contributed by atoms with Crippen LogP contribution in [0.4, 0.5) is 0 Å². The fraction of sp³-hybridized carbons (Fsp3) is 0.364. The average Bonchev–Trinajstić information content (AvgIpc) is 2.64. The Morgan fingerprint density at radius 1 is 1.47 bits per heavy atom. The number of nitrogens with zero attached hydrogens (tertiary/aromatic N) is 2. The fourth-order valence-corrected chi connectivity index (χ4v) is 2.32. The maximum absolute atomic E-state index is 11.2. The first-order chi connectivity index (χ1) is 8.01. The molecule has 0 saturated heterocycles. The summed E-state index contributed by atoms with van der Waals surface area (Å²) in [6.45, 7) is 0.834. The van der Waals surface area contributed by atoms with E-state index in [9.17, 15) is 8.42 Å². The molecule has 0 atom stereocenters. The van der Waals surface area contributed by atoms with E-state index >= 15 is 0 Å². The van der Waals surface area contributed by atoms with Crippen molar-refractivity contribution >= 4 is 20.9 Å². The van der Waals surface area contributed by atoms with Crippen molar-refractivity contribution in [3.8, 4) is 0 Å². The summed E-state index contributed by atoms with van der Waals surface area (Å²) in [4.78, 5) is 4.26. The number of hydrogen-bond donors (Lipinski definition) is 1. The van der Waals surface area contributed by atoms with Gasteiger partial charge in [0.15, 0.2) is 0 Å². The lowest BCUT2D eigenvalue weighted by Gasteiger charge is -2.02. The van der Waals surface area contributed by atoms with Gasteiger partial charge in [-0.3, -0.25) is 0 Å². The van der Waals surface area contributed by atoms with Crippen molar-refractivity contribution in [2.45, 2.75) is 13.1 Å². The van der Waals surface area contributed by atoms with E-state index in [0.717, 1.165) is 16.6 Å². The van der Waals surface area contributed by atoms with Gasteiger partial charge in [-0.15, -0.1) is 0 Å². The highest BCUT2D eigenvalue weighted by Gasteiger charge is 2.09. The molecule has 5 nitrogen and oxygen atoms in total. The molecule has 0 aliphatic heterocycles. The van der Waals surface area contributed by atoms with Crippen LogP contribution < -0.4 is 5.73 Å². The van der Waals surface area contributed by atoms with Gasteiger partial charge >= 0.3 is 0 Å². The van der Waals surface area contributed by atoms with Gasteiger partial charge in [-0.1, -0.05) is 0 Å². The van der Waals surface area contributed by atoms with Gasteiger partial charge < -0.3 is 10.3 Å². The van der Waals surface area contributed by atoms with Gasteiger partial charge in [-0.2, -0.15) is 0 Å². The van der Waals surface area contributed by atoms with Crippen molar-refractivity contribution in [1.82, 2.24) is 9.55 Å². The molecule has 0 spiro atoms. The number of rotatable bonds is 4. The van der Waals surface area contributed by atoms with Crippen LogP contribution in [0.25, 0.3) is 11.0 Å². The second-order valence-electron chi connectivity index (χ2n) is 4.06. The fourth-order valence-electron chi connectivity index (χ4n) is 1.79. The molecule has 0 saturated carbocycles. The number of aryl methyl sites for hydroxylation is 1. The standard InChI is InChI=1S/C11H15N3O2S/c1-17(15,16)6-5-14-8-9(7-12)10-3-2-4-13-11(10)14/h2-4,8H,5-7,12H2,1H3. The zero-order valence-corrected chi connectivity index (χ0v) is 10.4. The Morgan fingerprint density at radius 2 is 2.24 bits per heavy atom.